The van der Waals surface area contributed by atoms with Gasteiger partial charge in [-0.05, 0) is 76.6 Å². The van der Waals surface area contributed by atoms with E-state index in [1.54, 1.807) is 7.11 Å². The van der Waals surface area contributed by atoms with Crippen molar-refractivity contribution in [2.45, 2.75) is 71.3 Å². The van der Waals surface area contributed by atoms with Crippen LogP contribution in [0.3, 0.4) is 0 Å². The summed E-state index contributed by atoms with van der Waals surface area (Å²) in [5.74, 6) is 1.82. The highest BCUT2D eigenvalue weighted by molar-refractivity contribution is 6.07. The first-order valence-corrected chi connectivity index (χ1v) is 21.9. The number of fused-ring (bicyclic) bond motifs is 6. The first kappa shape index (κ1) is 42.6. The van der Waals surface area contributed by atoms with E-state index in [4.69, 9.17) is 24.2 Å². The van der Waals surface area contributed by atoms with Gasteiger partial charge in [0.05, 0.1) is 48.7 Å². The Labute approximate surface area is 371 Å². The molecule has 0 saturated carbocycles. The average molecular weight is 867 g/mol. The number of carbonyl (C=O) groups excluding carboxylic acids is 4. The third kappa shape index (κ3) is 8.04. The van der Waals surface area contributed by atoms with E-state index in [2.05, 4.69) is 63.9 Å². The lowest BCUT2D eigenvalue weighted by Crippen LogP contribution is -2.50. The molecule has 0 aliphatic carbocycles. The number of hydrogen-bond acceptors (Lipinski definition) is 9. The number of aromatic nitrogens is 4. The summed E-state index contributed by atoms with van der Waals surface area (Å²) in [5, 5.41) is 7.59. The highest BCUT2D eigenvalue weighted by Crippen LogP contribution is 2.44. The average Bonchev–Trinajstić information content (AvgIpc) is 4.12. The number of imidazole rings is 2. The van der Waals surface area contributed by atoms with Crippen LogP contribution in [-0.4, -0.2) is 93.5 Å². The summed E-state index contributed by atoms with van der Waals surface area (Å²) in [6, 6.07) is 21.6. The van der Waals surface area contributed by atoms with Gasteiger partial charge in [0.15, 0.2) is 0 Å². The van der Waals surface area contributed by atoms with Crippen LogP contribution in [0.4, 0.5) is 4.79 Å². The first-order valence-electron chi connectivity index (χ1n) is 21.9. The molecule has 6 aromatic rings. The zero-order chi connectivity index (χ0) is 44.8. The minimum absolute atomic E-state index is 0.0888. The molecule has 0 radical (unpaired) electrons. The van der Waals surface area contributed by atoms with Gasteiger partial charge in [0.1, 0.15) is 36.1 Å². The molecule has 4 N–H and O–H groups in total. The van der Waals surface area contributed by atoms with Crippen molar-refractivity contribution in [2.75, 3.05) is 33.9 Å². The van der Waals surface area contributed by atoms with E-state index in [0.29, 0.717) is 49.9 Å². The molecule has 0 unspecified atom stereocenters. The van der Waals surface area contributed by atoms with Crippen LogP contribution in [0.2, 0.25) is 0 Å². The number of nitrogens with one attached hydrogen (secondary N) is 4. The predicted molar refractivity (Wildman–Crippen MR) is 241 cm³/mol. The lowest BCUT2D eigenvalue weighted by atomic mass is 9.92. The second-order valence-electron chi connectivity index (χ2n) is 17.8. The highest BCUT2D eigenvalue weighted by Gasteiger charge is 2.42. The van der Waals surface area contributed by atoms with E-state index >= 15 is 0 Å². The summed E-state index contributed by atoms with van der Waals surface area (Å²) < 4.78 is 16.9. The van der Waals surface area contributed by atoms with Gasteiger partial charge in [0.2, 0.25) is 11.8 Å². The molecule has 15 heteroatoms. The number of hydrogen-bond donors (Lipinski definition) is 4. The fraction of sp³-hybridized carbons (Fsp3) is 0.388. The lowest BCUT2D eigenvalue weighted by Gasteiger charge is -2.30. The van der Waals surface area contributed by atoms with Crippen LogP contribution in [0.15, 0.2) is 79.0 Å². The van der Waals surface area contributed by atoms with Gasteiger partial charge < -0.3 is 44.6 Å². The van der Waals surface area contributed by atoms with Crippen molar-refractivity contribution in [1.29, 1.82) is 0 Å². The topological polar surface area (TPSA) is 184 Å². The van der Waals surface area contributed by atoms with Gasteiger partial charge in [-0.1, -0.05) is 69.3 Å². The maximum atomic E-state index is 14.2. The minimum Gasteiger partial charge on any atom is -0.488 e. The molecule has 5 heterocycles. The molecule has 332 valence electrons. The third-order valence-electron chi connectivity index (χ3n) is 12.9. The lowest BCUT2D eigenvalue weighted by molar-refractivity contribution is -0.138. The van der Waals surface area contributed by atoms with Gasteiger partial charge in [0, 0.05) is 44.0 Å². The minimum atomic E-state index is -0.908. The summed E-state index contributed by atoms with van der Waals surface area (Å²) in [5.41, 5.74) is 7.19. The molecule has 4 aromatic carbocycles. The number of carbonyl (C=O) groups is 4. The summed E-state index contributed by atoms with van der Waals surface area (Å²) in [4.78, 5) is 73.2. The molecule has 0 bridgehead atoms. The standard InChI is InChI=1S/C49H54N8O7/c1-26(2)42(51-28(4)58)47(59)57-23-29(24-62-5)17-40(57)46-52-37-15-13-31-19-36-34-14-12-32(18-33(34)25-64-41(36)20-35(31)44(37)54-46)38-21-50-45(53-38)39-16-27(3)22-56(39)48(60)43(55-49(61)63-6)30-10-8-7-9-11-30/h7-15,18-21,26-27,29,39-40,42-43H,16-17,22-25H2,1-6H3,(H,50,53)(H,51,58)(H,52,54)(H,55,61)/t27-,29-,39-,40-,42-,43+/m0/s1. The maximum absolute atomic E-state index is 14.2. The van der Waals surface area contributed by atoms with Gasteiger partial charge in [-0.2, -0.15) is 0 Å². The second kappa shape index (κ2) is 17.4. The molecule has 2 saturated heterocycles. The Bertz CT molecular complexity index is 2750. The molecule has 15 nitrogen and oxygen atoms in total. The predicted octanol–water partition coefficient (Wildman–Crippen LogP) is 7.37. The zero-order valence-electron chi connectivity index (χ0n) is 36.9. The summed E-state index contributed by atoms with van der Waals surface area (Å²) in [6.45, 7) is 9.34. The summed E-state index contributed by atoms with van der Waals surface area (Å²) >= 11 is 0. The van der Waals surface area contributed by atoms with Gasteiger partial charge in [-0.15, -0.1) is 0 Å². The van der Waals surface area contributed by atoms with Crippen LogP contribution in [-0.2, 0) is 30.5 Å². The summed E-state index contributed by atoms with van der Waals surface area (Å²) in [6.07, 6.45) is 2.54. The Morgan fingerprint density at radius 2 is 1.66 bits per heavy atom. The van der Waals surface area contributed by atoms with E-state index < -0.39 is 18.2 Å². The second-order valence-corrected chi connectivity index (χ2v) is 17.8. The number of alkyl carbamates (subject to hydrolysis) is 1. The number of rotatable bonds is 11. The molecule has 3 aliphatic heterocycles. The van der Waals surface area contributed by atoms with Crippen molar-refractivity contribution in [3.63, 3.8) is 0 Å². The Kier molecular flexibility index (Phi) is 11.6. The van der Waals surface area contributed by atoms with Gasteiger partial charge >= 0.3 is 6.09 Å². The fourth-order valence-electron chi connectivity index (χ4n) is 9.81. The van der Waals surface area contributed by atoms with E-state index in [-0.39, 0.29) is 47.6 Å². The van der Waals surface area contributed by atoms with E-state index in [1.807, 2.05) is 66.2 Å². The fourth-order valence-corrected chi connectivity index (χ4v) is 9.81. The molecular weight excluding hydrogens is 813 g/mol. The van der Waals surface area contributed by atoms with Crippen molar-refractivity contribution in [1.82, 2.24) is 40.4 Å². The SMILES string of the molecule is COC[C@H]1C[C@@H](c2nc3ccc4cc5c(cc4c3[nH]2)OCc2cc(-c3cnc([C@@H]4C[C@H](C)CN4C(=O)[C@H](NC(=O)OC)c4ccccc4)[nH]3)ccc2-5)N(C(=O)[C@@H](NC(C)=O)C(C)C)C1. The number of amides is 4. The Morgan fingerprint density at radius 1 is 0.875 bits per heavy atom. The van der Waals surface area contributed by atoms with E-state index in [9.17, 15) is 19.2 Å². The molecule has 4 amide bonds. The number of H-pyrrole nitrogens is 2. The first-order chi connectivity index (χ1) is 30.9. The Morgan fingerprint density at radius 3 is 2.41 bits per heavy atom. The summed E-state index contributed by atoms with van der Waals surface area (Å²) in [7, 11) is 2.95. The van der Waals surface area contributed by atoms with Gasteiger partial charge in [0.25, 0.3) is 5.91 Å². The number of nitrogens with zero attached hydrogens (tertiary/aromatic N) is 4. The van der Waals surface area contributed by atoms with Crippen LogP contribution in [0.25, 0.3) is 44.2 Å². The van der Waals surface area contributed by atoms with Crippen LogP contribution in [0.1, 0.15) is 81.4 Å². The van der Waals surface area contributed by atoms with Crippen molar-refractivity contribution >= 4 is 45.6 Å². The Hall–Kier alpha value is -6.74. The number of aromatic amines is 2. The third-order valence-corrected chi connectivity index (χ3v) is 12.9. The highest BCUT2D eigenvalue weighted by atomic mass is 16.5. The molecular formula is C49H54N8O7. The van der Waals surface area contributed by atoms with Crippen molar-refractivity contribution < 1.29 is 33.4 Å². The molecule has 9 rings (SSSR count). The van der Waals surface area contributed by atoms with Crippen molar-refractivity contribution in [3.8, 4) is 28.1 Å². The smallest absolute Gasteiger partial charge is 0.407 e. The number of methoxy groups -OCH3 is 2. The largest absolute Gasteiger partial charge is 0.488 e. The van der Waals surface area contributed by atoms with Gasteiger partial charge in [-0.3, -0.25) is 14.4 Å². The molecule has 2 fully saturated rings. The molecule has 6 atom stereocenters. The zero-order valence-corrected chi connectivity index (χ0v) is 36.9. The van der Waals surface area contributed by atoms with Crippen LogP contribution >= 0.6 is 0 Å². The normalized spacial score (nSPS) is 20.2. The van der Waals surface area contributed by atoms with Gasteiger partial charge in [-0.25, -0.2) is 14.8 Å². The van der Waals surface area contributed by atoms with Crippen molar-refractivity contribution in [2.24, 2.45) is 17.8 Å². The Balaban J connectivity index is 0.975. The van der Waals surface area contributed by atoms with E-state index in [1.165, 1.54) is 14.0 Å². The monoisotopic (exact) mass is 866 g/mol. The number of benzene rings is 4. The van der Waals surface area contributed by atoms with Crippen LogP contribution in [0, 0.1) is 17.8 Å². The van der Waals surface area contributed by atoms with Crippen LogP contribution in [0.5, 0.6) is 5.75 Å². The quantitative estimate of drug-likeness (QED) is 0.103. The number of ether oxygens (including phenoxy) is 3. The molecule has 0 spiro atoms. The van der Waals surface area contributed by atoms with E-state index in [0.717, 1.165) is 61.9 Å². The number of likely N-dealkylation sites (tertiary alicyclic amines) is 2. The molecule has 2 aromatic heterocycles. The van der Waals surface area contributed by atoms with Crippen molar-refractivity contribution in [3.05, 3.63) is 102 Å². The molecule has 3 aliphatic rings. The maximum Gasteiger partial charge on any atom is 0.407 e. The molecule has 64 heavy (non-hydrogen) atoms. The van der Waals surface area contributed by atoms with Crippen LogP contribution < -0.4 is 15.4 Å².